The van der Waals surface area contributed by atoms with Crippen molar-refractivity contribution in [2.24, 2.45) is 0 Å². The Morgan fingerprint density at radius 3 is 2.42 bits per heavy atom. The largest absolute Gasteiger partial charge is 0.358 e. The second-order valence-corrected chi connectivity index (χ2v) is 10.8. The van der Waals surface area contributed by atoms with Crippen LogP contribution in [0.2, 0.25) is 0 Å². The van der Waals surface area contributed by atoms with Crippen molar-refractivity contribution < 1.29 is 13.2 Å². The highest BCUT2D eigenvalue weighted by molar-refractivity contribution is 7.99. The monoisotopic (exact) mass is 485 g/mol. The third kappa shape index (κ3) is 4.68. The van der Waals surface area contributed by atoms with Crippen LogP contribution >= 0.6 is 11.8 Å². The molecule has 0 bridgehead atoms. The Morgan fingerprint density at radius 1 is 1.06 bits per heavy atom. The Kier molecular flexibility index (Phi) is 6.87. The molecule has 10 heteroatoms. The Balaban J connectivity index is 1.75. The minimum absolute atomic E-state index is 0.103. The number of nitrogens with one attached hydrogen (secondary N) is 1. The predicted molar refractivity (Wildman–Crippen MR) is 129 cm³/mol. The number of carbonyl (C=O) groups is 1. The van der Waals surface area contributed by atoms with Gasteiger partial charge >= 0.3 is 0 Å². The molecule has 1 aliphatic rings. The molecular weight excluding hydrogens is 458 g/mol. The van der Waals surface area contributed by atoms with E-state index < -0.39 is 10.0 Å². The highest BCUT2D eigenvalue weighted by atomic mass is 32.2. The van der Waals surface area contributed by atoms with Crippen LogP contribution in [0.15, 0.2) is 52.5 Å². The van der Waals surface area contributed by atoms with Crippen LogP contribution in [-0.2, 0) is 14.8 Å². The van der Waals surface area contributed by atoms with Crippen LogP contribution in [0.5, 0.6) is 0 Å². The van der Waals surface area contributed by atoms with Gasteiger partial charge in [0.1, 0.15) is 0 Å². The summed E-state index contributed by atoms with van der Waals surface area (Å²) >= 11 is 1.30. The average molecular weight is 486 g/mol. The molecule has 2 aromatic carbocycles. The summed E-state index contributed by atoms with van der Waals surface area (Å²) in [6.45, 7) is 5.21. The van der Waals surface area contributed by atoms with Gasteiger partial charge < -0.3 is 5.32 Å². The van der Waals surface area contributed by atoms with Crippen molar-refractivity contribution in [3.05, 3.63) is 53.6 Å². The number of rotatable bonds is 7. The molecule has 1 N–H and O–H groups in total. The zero-order valence-electron chi connectivity index (χ0n) is 18.9. The first-order chi connectivity index (χ1) is 15.8. The van der Waals surface area contributed by atoms with Crippen LogP contribution < -0.4 is 5.32 Å². The number of sulfonamides is 1. The summed E-state index contributed by atoms with van der Waals surface area (Å²) < 4.78 is 29.2. The minimum Gasteiger partial charge on any atom is -0.358 e. The Hall–Kier alpha value is -2.69. The van der Waals surface area contributed by atoms with E-state index in [0.717, 1.165) is 35.2 Å². The number of carbonyl (C=O) groups excluding carboxylic acids is 1. The third-order valence-corrected chi connectivity index (χ3v) is 8.72. The summed E-state index contributed by atoms with van der Waals surface area (Å²) in [5.74, 6) is 0.703. The van der Waals surface area contributed by atoms with Crippen molar-refractivity contribution >= 4 is 27.7 Å². The van der Waals surface area contributed by atoms with Gasteiger partial charge in [-0.1, -0.05) is 23.9 Å². The molecule has 2 heterocycles. The lowest BCUT2D eigenvalue weighted by molar-refractivity contribution is -0.118. The van der Waals surface area contributed by atoms with E-state index in [0.29, 0.717) is 24.1 Å². The maximum absolute atomic E-state index is 12.9. The minimum atomic E-state index is -3.49. The standard InChI is InChI=1S/C23H27N5O3S2/c1-16-7-6-8-20(17(16)2)28-22(25-26-23(28)32-15-21(29)24-3)18-9-11-19(12-10-18)33(30,31)27-13-4-5-14-27/h6-12H,4-5,13-15H2,1-3H3,(H,24,29). The summed E-state index contributed by atoms with van der Waals surface area (Å²) in [6, 6.07) is 12.8. The number of aromatic nitrogens is 3. The van der Waals surface area contributed by atoms with Crippen molar-refractivity contribution in [2.75, 3.05) is 25.9 Å². The van der Waals surface area contributed by atoms with Crippen molar-refractivity contribution in [3.8, 4) is 17.1 Å². The van der Waals surface area contributed by atoms with E-state index in [-0.39, 0.29) is 16.6 Å². The maximum atomic E-state index is 12.9. The number of thioether (sulfide) groups is 1. The zero-order valence-corrected chi connectivity index (χ0v) is 20.5. The molecule has 0 aliphatic carbocycles. The lowest BCUT2D eigenvalue weighted by Gasteiger charge is -2.16. The lowest BCUT2D eigenvalue weighted by atomic mass is 10.1. The first kappa shape index (κ1) is 23.5. The summed E-state index contributed by atoms with van der Waals surface area (Å²) in [7, 11) is -1.89. The number of nitrogens with zero attached hydrogens (tertiary/aromatic N) is 4. The first-order valence-corrected chi connectivity index (χ1v) is 13.2. The molecule has 174 valence electrons. The molecule has 1 aromatic heterocycles. The van der Waals surface area contributed by atoms with E-state index >= 15 is 0 Å². The molecule has 0 unspecified atom stereocenters. The summed E-state index contributed by atoms with van der Waals surface area (Å²) in [4.78, 5) is 12.1. The van der Waals surface area contributed by atoms with E-state index in [2.05, 4.69) is 15.5 Å². The van der Waals surface area contributed by atoms with E-state index in [1.807, 2.05) is 36.6 Å². The average Bonchev–Trinajstić information content (AvgIpc) is 3.50. The van der Waals surface area contributed by atoms with Crippen molar-refractivity contribution in [1.82, 2.24) is 24.4 Å². The molecule has 1 saturated heterocycles. The van der Waals surface area contributed by atoms with Crippen molar-refractivity contribution in [3.63, 3.8) is 0 Å². The van der Waals surface area contributed by atoms with Gasteiger partial charge in [-0.2, -0.15) is 4.31 Å². The molecule has 0 spiro atoms. The van der Waals surface area contributed by atoms with Gasteiger partial charge in [-0.3, -0.25) is 9.36 Å². The van der Waals surface area contributed by atoms with Gasteiger partial charge in [-0.25, -0.2) is 8.42 Å². The molecule has 8 nitrogen and oxygen atoms in total. The highest BCUT2D eigenvalue weighted by Gasteiger charge is 2.27. The molecule has 0 saturated carbocycles. The van der Waals surface area contributed by atoms with E-state index in [9.17, 15) is 13.2 Å². The van der Waals surface area contributed by atoms with E-state index in [4.69, 9.17) is 0 Å². The van der Waals surface area contributed by atoms with Crippen LogP contribution in [0, 0.1) is 13.8 Å². The van der Waals surface area contributed by atoms with E-state index in [1.54, 1.807) is 31.3 Å². The van der Waals surface area contributed by atoms with E-state index in [1.165, 1.54) is 16.1 Å². The summed E-state index contributed by atoms with van der Waals surface area (Å²) in [5.41, 5.74) is 3.87. The number of hydrogen-bond donors (Lipinski definition) is 1. The molecule has 4 rings (SSSR count). The SMILES string of the molecule is CNC(=O)CSc1nnc(-c2ccc(S(=O)(=O)N3CCCC3)cc2)n1-c1cccc(C)c1C. The topological polar surface area (TPSA) is 97.2 Å². The van der Waals surface area contributed by atoms with Crippen molar-refractivity contribution in [1.29, 1.82) is 0 Å². The zero-order chi connectivity index (χ0) is 23.6. The highest BCUT2D eigenvalue weighted by Crippen LogP contribution is 2.31. The van der Waals surface area contributed by atoms with Gasteiger partial charge in [-0.05, 0) is 68.1 Å². The van der Waals surface area contributed by atoms with Crippen molar-refractivity contribution in [2.45, 2.75) is 36.7 Å². The number of benzene rings is 2. The molecule has 3 aromatic rings. The van der Waals surface area contributed by atoms with Crippen LogP contribution in [-0.4, -0.2) is 59.3 Å². The molecule has 33 heavy (non-hydrogen) atoms. The second kappa shape index (κ2) is 9.66. The third-order valence-electron chi connectivity index (χ3n) is 5.88. The molecule has 1 amide bonds. The van der Waals surface area contributed by atoms with Gasteiger partial charge in [0.25, 0.3) is 0 Å². The fourth-order valence-corrected chi connectivity index (χ4v) is 6.14. The number of hydrogen-bond acceptors (Lipinski definition) is 6. The van der Waals surface area contributed by atoms with Crippen LogP contribution in [0.25, 0.3) is 17.1 Å². The van der Waals surface area contributed by atoms with Crippen LogP contribution in [0.1, 0.15) is 24.0 Å². The number of aryl methyl sites for hydroxylation is 1. The molecule has 1 fully saturated rings. The first-order valence-electron chi connectivity index (χ1n) is 10.8. The second-order valence-electron chi connectivity index (χ2n) is 7.96. The molecule has 0 radical (unpaired) electrons. The van der Waals surface area contributed by atoms with Gasteiger partial charge in [0.2, 0.25) is 15.9 Å². The predicted octanol–water partition coefficient (Wildman–Crippen LogP) is 3.17. The molecular formula is C23H27N5O3S2. The Bertz CT molecular complexity index is 1260. The molecule has 0 atom stereocenters. The fraction of sp³-hybridized carbons (Fsp3) is 0.348. The maximum Gasteiger partial charge on any atom is 0.243 e. The normalized spacial score (nSPS) is 14.5. The van der Waals surface area contributed by atoms with Gasteiger partial charge in [0.05, 0.1) is 16.3 Å². The Labute approximate surface area is 198 Å². The summed E-state index contributed by atoms with van der Waals surface area (Å²) in [6.07, 6.45) is 1.79. The van der Waals surface area contributed by atoms with Crippen LogP contribution in [0.4, 0.5) is 0 Å². The van der Waals surface area contributed by atoms with Gasteiger partial charge in [0.15, 0.2) is 11.0 Å². The fourth-order valence-electron chi connectivity index (χ4n) is 3.80. The van der Waals surface area contributed by atoms with Crippen LogP contribution in [0.3, 0.4) is 0 Å². The Morgan fingerprint density at radius 2 is 1.76 bits per heavy atom. The lowest BCUT2D eigenvalue weighted by Crippen LogP contribution is -2.27. The summed E-state index contributed by atoms with van der Waals surface area (Å²) in [5, 5.41) is 12.0. The van der Waals surface area contributed by atoms with Gasteiger partial charge in [-0.15, -0.1) is 10.2 Å². The quantitative estimate of drug-likeness (QED) is 0.517. The molecule has 1 aliphatic heterocycles. The number of amides is 1. The van der Waals surface area contributed by atoms with Gasteiger partial charge in [0, 0.05) is 25.7 Å². The smallest absolute Gasteiger partial charge is 0.243 e.